The number of amides is 1. The predicted octanol–water partition coefficient (Wildman–Crippen LogP) is 3.20. The summed E-state index contributed by atoms with van der Waals surface area (Å²) in [6.45, 7) is 2.45. The Labute approximate surface area is 139 Å². The molecule has 24 heavy (non-hydrogen) atoms. The van der Waals surface area contributed by atoms with Gasteiger partial charge in [0.2, 0.25) is 5.91 Å². The largest absolute Gasteiger partial charge is 0.416 e. The van der Waals surface area contributed by atoms with E-state index in [1.807, 2.05) is 0 Å². The molecule has 0 bridgehead atoms. The highest BCUT2D eigenvalue weighted by molar-refractivity contribution is 5.76. The summed E-state index contributed by atoms with van der Waals surface area (Å²) >= 11 is 0. The van der Waals surface area contributed by atoms with Gasteiger partial charge >= 0.3 is 6.18 Å². The van der Waals surface area contributed by atoms with Crippen LogP contribution in [-0.2, 0) is 15.7 Å². The van der Waals surface area contributed by atoms with E-state index in [4.69, 9.17) is 4.74 Å². The first-order chi connectivity index (χ1) is 11.3. The van der Waals surface area contributed by atoms with Crippen molar-refractivity contribution in [1.29, 1.82) is 0 Å². The van der Waals surface area contributed by atoms with Gasteiger partial charge in [0.15, 0.2) is 0 Å². The van der Waals surface area contributed by atoms with Gasteiger partial charge in [0.25, 0.3) is 0 Å². The lowest BCUT2D eigenvalue weighted by Gasteiger charge is -2.24. The van der Waals surface area contributed by atoms with Crippen LogP contribution in [0.25, 0.3) is 0 Å². The van der Waals surface area contributed by atoms with Gasteiger partial charge in [0.1, 0.15) is 0 Å². The van der Waals surface area contributed by atoms with E-state index < -0.39 is 23.9 Å². The molecule has 4 nitrogen and oxygen atoms in total. The molecule has 1 aromatic rings. The van der Waals surface area contributed by atoms with E-state index in [1.54, 1.807) is 6.92 Å². The van der Waals surface area contributed by atoms with Gasteiger partial charge in [-0.05, 0) is 37.0 Å². The average molecular weight is 345 g/mol. The van der Waals surface area contributed by atoms with Crippen LogP contribution >= 0.6 is 0 Å². The summed E-state index contributed by atoms with van der Waals surface area (Å²) in [6.07, 6.45) is -3.11. The van der Waals surface area contributed by atoms with Crippen LogP contribution in [0, 0.1) is 0 Å². The smallest absolute Gasteiger partial charge is 0.386 e. The number of alkyl halides is 3. The standard InChI is InChI=1S/C17H22F3NO3/c1-2-14(21-15(22)10-13-4-3-9-24-13)16(23)11-5-7-12(8-6-11)17(18,19)20/h5-8,13-14,16,23H,2-4,9-10H2,1H3,(H,21,22). The zero-order chi connectivity index (χ0) is 17.7. The molecule has 0 saturated carbocycles. The third kappa shape index (κ3) is 4.95. The molecule has 1 aliphatic heterocycles. The van der Waals surface area contributed by atoms with Crippen LogP contribution in [0.15, 0.2) is 24.3 Å². The fraction of sp³-hybridized carbons (Fsp3) is 0.588. The first kappa shape index (κ1) is 18.7. The fourth-order valence-electron chi connectivity index (χ4n) is 2.78. The monoisotopic (exact) mass is 345 g/mol. The zero-order valence-corrected chi connectivity index (χ0v) is 13.5. The molecule has 7 heteroatoms. The minimum absolute atomic E-state index is 0.0919. The number of carbonyl (C=O) groups is 1. The second-order valence-corrected chi connectivity index (χ2v) is 5.99. The van der Waals surface area contributed by atoms with Gasteiger partial charge in [0, 0.05) is 6.61 Å². The highest BCUT2D eigenvalue weighted by Gasteiger charge is 2.31. The van der Waals surface area contributed by atoms with Gasteiger partial charge < -0.3 is 15.2 Å². The first-order valence-corrected chi connectivity index (χ1v) is 8.07. The van der Waals surface area contributed by atoms with E-state index in [0.717, 1.165) is 25.0 Å². The molecule has 0 aliphatic carbocycles. The molecule has 1 heterocycles. The molecule has 3 unspecified atom stereocenters. The van der Waals surface area contributed by atoms with Crippen molar-refractivity contribution in [2.45, 2.75) is 57.0 Å². The Hall–Kier alpha value is -1.60. The molecule has 1 fully saturated rings. The Morgan fingerprint density at radius 1 is 1.38 bits per heavy atom. The Kier molecular flexibility index (Phi) is 6.23. The molecular formula is C17H22F3NO3. The van der Waals surface area contributed by atoms with E-state index >= 15 is 0 Å². The summed E-state index contributed by atoms with van der Waals surface area (Å²) in [5.74, 6) is -0.222. The van der Waals surface area contributed by atoms with Crippen molar-refractivity contribution in [2.24, 2.45) is 0 Å². The van der Waals surface area contributed by atoms with Crippen LogP contribution < -0.4 is 5.32 Å². The number of hydrogen-bond donors (Lipinski definition) is 2. The molecular weight excluding hydrogens is 323 g/mol. The first-order valence-electron chi connectivity index (χ1n) is 8.07. The quantitative estimate of drug-likeness (QED) is 0.832. The summed E-state index contributed by atoms with van der Waals surface area (Å²) in [7, 11) is 0. The minimum atomic E-state index is -4.41. The topological polar surface area (TPSA) is 58.6 Å². The van der Waals surface area contributed by atoms with Crippen molar-refractivity contribution < 1.29 is 27.8 Å². The Morgan fingerprint density at radius 2 is 2.04 bits per heavy atom. The molecule has 0 aromatic heterocycles. The normalized spacial score (nSPS) is 20.6. The number of aliphatic hydroxyl groups excluding tert-OH is 1. The molecule has 2 N–H and O–H groups in total. The van der Waals surface area contributed by atoms with Crippen LogP contribution in [0.5, 0.6) is 0 Å². The van der Waals surface area contributed by atoms with E-state index in [-0.39, 0.29) is 18.4 Å². The summed E-state index contributed by atoms with van der Waals surface area (Å²) in [5, 5.41) is 13.1. The van der Waals surface area contributed by atoms with Crippen molar-refractivity contribution >= 4 is 5.91 Å². The van der Waals surface area contributed by atoms with Gasteiger partial charge in [0.05, 0.1) is 30.2 Å². The molecule has 0 spiro atoms. The number of rotatable bonds is 6. The molecule has 2 rings (SSSR count). The van der Waals surface area contributed by atoms with E-state index in [1.165, 1.54) is 12.1 Å². The summed E-state index contributed by atoms with van der Waals surface area (Å²) in [6, 6.07) is 3.78. The SMILES string of the molecule is CCC(NC(=O)CC1CCCO1)C(O)c1ccc(C(F)(F)F)cc1. The van der Waals surface area contributed by atoms with Gasteiger partial charge in [-0.1, -0.05) is 19.1 Å². The number of carbonyl (C=O) groups excluding carboxylic acids is 1. The highest BCUT2D eigenvalue weighted by atomic mass is 19.4. The van der Waals surface area contributed by atoms with Crippen LogP contribution in [0.3, 0.4) is 0 Å². The number of ether oxygens (including phenoxy) is 1. The zero-order valence-electron chi connectivity index (χ0n) is 13.5. The second-order valence-electron chi connectivity index (χ2n) is 5.99. The molecule has 0 radical (unpaired) electrons. The number of benzene rings is 1. The maximum absolute atomic E-state index is 12.6. The maximum Gasteiger partial charge on any atom is 0.416 e. The van der Waals surface area contributed by atoms with Gasteiger partial charge in [-0.25, -0.2) is 0 Å². The number of hydrogen-bond acceptors (Lipinski definition) is 3. The van der Waals surface area contributed by atoms with Crippen LogP contribution in [0.1, 0.15) is 49.8 Å². The van der Waals surface area contributed by atoms with Crippen LogP contribution in [0.2, 0.25) is 0 Å². The molecule has 1 amide bonds. The van der Waals surface area contributed by atoms with E-state index in [0.29, 0.717) is 18.6 Å². The lowest BCUT2D eigenvalue weighted by molar-refractivity contribution is -0.137. The average Bonchev–Trinajstić information content (AvgIpc) is 3.04. The van der Waals surface area contributed by atoms with Crippen molar-refractivity contribution in [3.05, 3.63) is 35.4 Å². The fourth-order valence-corrected chi connectivity index (χ4v) is 2.78. The lowest BCUT2D eigenvalue weighted by atomic mass is 9.98. The van der Waals surface area contributed by atoms with Crippen LogP contribution in [-0.4, -0.2) is 29.8 Å². The second kappa shape index (κ2) is 7.98. The molecule has 134 valence electrons. The van der Waals surface area contributed by atoms with Crippen molar-refractivity contribution in [2.75, 3.05) is 6.61 Å². The Morgan fingerprint density at radius 3 is 2.54 bits per heavy atom. The number of nitrogens with one attached hydrogen (secondary N) is 1. The highest BCUT2D eigenvalue weighted by Crippen LogP contribution is 2.30. The van der Waals surface area contributed by atoms with Crippen molar-refractivity contribution in [1.82, 2.24) is 5.32 Å². The van der Waals surface area contributed by atoms with Gasteiger partial charge in [-0.2, -0.15) is 13.2 Å². The molecule has 1 saturated heterocycles. The third-order valence-corrected chi connectivity index (χ3v) is 4.18. The molecule has 1 aliphatic rings. The van der Waals surface area contributed by atoms with E-state index in [9.17, 15) is 23.1 Å². The maximum atomic E-state index is 12.6. The molecule has 1 aromatic carbocycles. The molecule has 3 atom stereocenters. The number of aliphatic hydroxyl groups is 1. The van der Waals surface area contributed by atoms with Gasteiger partial charge in [-0.15, -0.1) is 0 Å². The van der Waals surface area contributed by atoms with E-state index in [2.05, 4.69) is 5.32 Å². The Bertz CT molecular complexity index is 539. The van der Waals surface area contributed by atoms with Crippen molar-refractivity contribution in [3.63, 3.8) is 0 Å². The van der Waals surface area contributed by atoms with Crippen LogP contribution in [0.4, 0.5) is 13.2 Å². The third-order valence-electron chi connectivity index (χ3n) is 4.18. The predicted molar refractivity (Wildman–Crippen MR) is 82.2 cm³/mol. The van der Waals surface area contributed by atoms with Gasteiger partial charge in [-0.3, -0.25) is 4.79 Å². The summed E-state index contributed by atoms with van der Waals surface area (Å²) in [4.78, 5) is 12.0. The Balaban J connectivity index is 1.97. The minimum Gasteiger partial charge on any atom is -0.386 e. The summed E-state index contributed by atoms with van der Waals surface area (Å²) < 4.78 is 43.1. The number of halogens is 3. The summed E-state index contributed by atoms with van der Waals surface area (Å²) in [5.41, 5.74) is -0.429. The lowest BCUT2D eigenvalue weighted by Crippen LogP contribution is -2.40. The van der Waals surface area contributed by atoms with Crippen molar-refractivity contribution in [3.8, 4) is 0 Å².